The quantitative estimate of drug-likeness (QED) is 0.864. The molecule has 0 aliphatic carbocycles. The van der Waals surface area contributed by atoms with E-state index >= 15 is 0 Å². The molecule has 0 saturated carbocycles. The average Bonchev–Trinajstić information content (AvgIpc) is 2.55. The van der Waals surface area contributed by atoms with Gasteiger partial charge in [0, 0.05) is 25.8 Å². The van der Waals surface area contributed by atoms with Gasteiger partial charge in [0.2, 0.25) is 0 Å². The molecule has 0 fully saturated rings. The Morgan fingerprint density at radius 1 is 1.00 bits per heavy atom. The minimum atomic E-state index is -3.98. The third-order valence-electron chi connectivity index (χ3n) is 3.38. The number of benzene rings is 2. The van der Waals surface area contributed by atoms with Crippen molar-refractivity contribution in [1.82, 2.24) is 0 Å². The van der Waals surface area contributed by atoms with E-state index in [0.29, 0.717) is 11.4 Å². The topological polar surface area (TPSA) is 67.9 Å². The normalized spacial score (nSPS) is 11.0. The fraction of sp³-hybridized carbons (Fsp3) is 0.250. The lowest BCUT2D eigenvalue weighted by atomic mass is 10.2. The highest BCUT2D eigenvalue weighted by molar-refractivity contribution is 7.92. The molecule has 2 aromatic rings. The van der Waals surface area contributed by atoms with Crippen LogP contribution in [0.25, 0.3) is 0 Å². The van der Waals surface area contributed by atoms with Crippen molar-refractivity contribution in [2.45, 2.75) is 4.90 Å². The zero-order valence-corrected chi connectivity index (χ0v) is 14.6. The van der Waals surface area contributed by atoms with Gasteiger partial charge in [-0.2, -0.15) is 0 Å². The van der Waals surface area contributed by atoms with Gasteiger partial charge < -0.3 is 14.4 Å². The van der Waals surface area contributed by atoms with E-state index in [4.69, 9.17) is 9.47 Å². The second-order valence-electron chi connectivity index (χ2n) is 5.18. The highest BCUT2D eigenvalue weighted by Crippen LogP contribution is 2.31. The van der Waals surface area contributed by atoms with Crippen LogP contribution in [-0.2, 0) is 10.0 Å². The van der Waals surface area contributed by atoms with E-state index in [9.17, 15) is 12.8 Å². The predicted molar refractivity (Wildman–Crippen MR) is 91.1 cm³/mol. The molecule has 0 radical (unpaired) electrons. The number of rotatable bonds is 6. The summed E-state index contributed by atoms with van der Waals surface area (Å²) in [7, 11) is 2.43. The molecule has 0 atom stereocenters. The molecular formula is C16H19FN2O4S. The summed E-state index contributed by atoms with van der Waals surface area (Å²) in [5, 5.41) is 0. The van der Waals surface area contributed by atoms with Gasteiger partial charge in [-0.15, -0.1) is 0 Å². The van der Waals surface area contributed by atoms with Crippen molar-refractivity contribution in [2.24, 2.45) is 0 Å². The maximum absolute atomic E-state index is 14.0. The molecule has 0 unspecified atom stereocenters. The Morgan fingerprint density at radius 3 is 2.25 bits per heavy atom. The Hall–Kier alpha value is -2.48. The number of nitrogens with one attached hydrogen (secondary N) is 1. The Bertz CT molecular complexity index is 838. The Kier molecular flexibility index (Phi) is 5.18. The SMILES string of the molecule is COc1ccc(S(=O)(=O)Nc2cc(N(C)C)ccc2F)cc1OC. The van der Waals surface area contributed by atoms with E-state index in [-0.39, 0.29) is 16.3 Å². The van der Waals surface area contributed by atoms with Crippen LogP contribution in [0.1, 0.15) is 0 Å². The Labute approximate surface area is 140 Å². The van der Waals surface area contributed by atoms with Crippen LogP contribution in [0.5, 0.6) is 11.5 Å². The summed E-state index contributed by atoms with van der Waals surface area (Å²) >= 11 is 0. The molecule has 0 aliphatic rings. The van der Waals surface area contributed by atoms with Crippen molar-refractivity contribution in [2.75, 3.05) is 37.9 Å². The van der Waals surface area contributed by atoms with E-state index in [0.717, 1.165) is 0 Å². The monoisotopic (exact) mass is 354 g/mol. The first-order valence-corrected chi connectivity index (χ1v) is 8.48. The van der Waals surface area contributed by atoms with Crippen LogP contribution in [-0.4, -0.2) is 36.7 Å². The zero-order valence-electron chi connectivity index (χ0n) is 13.8. The van der Waals surface area contributed by atoms with Crippen molar-refractivity contribution in [3.8, 4) is 11.5 Å². The molecule has 2 aromatic carbocycles. The largest absolute Gasteiger partial charge is 0.493 e. The van der Waals surface area contributed by atoms with Gasteiger partial charge in [0.15, 0.2) is 11.5 Å². The standard InChI is InChI=1S/C16H19FN2O4S/c1-19(2)11-5-7-13(17)14(9-11)18-24(20,21)12-6-8-15(22-3)16(10-12)23-4/h5-10,18H,1-4H3. The van der Waals surface area contributed by atoms with Crippen LogP contribution in [0.3, 0.4) is 0 Å². The molecule has 1 N–H and O–H groups in total. The van der Waals surface area contributed by atoms with Crippen LogP contribution in [0, 0.1) is 5.82 Å². The second-order valence-corrected chi connectivity index (χ2v) is 6.86. The van der Waals surface area contributed by atoms with Crippen LogP contribution in [0.4, 0.5) is 15.8 Å². The van der Waals surface area contributed by atoms with Gasteiger partial charge >= 0.3 is 0 Å². The summed E-state index contributed by atoms with van der Waals surface area (Å²) in [5.41, 5.74) is 0.539. The number of hydrogen-bond acceptors (Lipinski definition) is 5. The number of hydrogen-bond donors (Lipinski definition) is 1. The molecule has 0 heterocycles. The van der Waals surface area contributed by atoms with Gasteiger partial charge in [0.05, 0.1) is 24.8 Å². The first-order chi connectivity index (χ1) is 11.3. The average molecular weight is 354 g/mol. The number of halogens is 1. The summed E-state index contributed by atoms with van der Waals surface area (Å²) in [6, 6.07) is 8.34. The highest BCUT2D eigenvalue weighted by atomic mass is 32.2. The number of sulfonamides is 1. The highest BCUT2D eigenvalue weighted by Gasteiger charge is 2.19. The summed E-state index contributed by atoms with van der Waals surface area (Å²) in [6.45, 7) is 0. The van der Waals surface area contributed by atoms with Gasteiger partial charge in [0.1, 0.15) is 5.82 Å². The zero-order chi connectivity index (χ0) is 17.9. The minimum absolute atomic E-state index is 0.0604. The smallest absolute Gasteiger partial charge is 0.262 e. The van der Waals surface area contributed by atoms with Gasteiger partial charge in [-0.1, -0.05) is 0 Å². The van der Waals surface area contributed by atoms with Crippen LogP contribution in [0.2, 0.25) is 0 Å². The van der Waals surface area contributed by atoms with Crippen molar-refractivity contribution in [1.29, 1.82) is 0 Å². The lowest BCUT2D eigenvalue weighted by Crippen LogP contribution is -2.15. The molecule has 24 heavy (non-hydrogen) atoms. The van der Waals surface area contributed by atoms with E-state index in [2.05, 4.69) is 4.72 Å². The molecule has 0 amide bonds. The fourth-order valence-electron chi connectivity index (χ4n) is 2.06. The first kappa shape index (κ1) is 17.9. The van der Waals surface area contributed by atoms with Crippen molar-refractivity contribution >= 4 is 21.4 Å². The van der Waals surface area contributed by atoms with E-state index < -0.39 is 15.8 Å². The molecular weight excluding hydrogens is 335 g/mol. The van der Waals surface area contributed by atoms with Gasteiger partial charge in [-0.3, -0.25) is 4.72 Å². The number of anilines is 2. The second kappa shape index (κ2) is 6.96. The van der Waals surface area contributed by atoms with Crippen LogP contribution < -0.4 is 19.1 Å². The minimum Gasteiger partial charge on any atom is -0.493 e. The van der Waals surface area contributed by atoms with Crippen LogP contribution in [0.15, 0.2) is 41.3 Å². The summed E-state index contributed by atoms with van der Waals surface area (Å²) in [4.78, 5) is 1.68. The molecule has 0 aliphatic heterocycles. The number of ether oxygens (including phenoxy) is 2. The van der Waals surface area contributed by atoms with Gasteiger partial charge in [-0.25, -0.2) is 12.8 Å². The summed E-state index contributed by atoms with van der Waals surface area (Å²) < 4.78 is 51.4. The number of nitrogens with zero attached hydrogens (tertiary/aromatic N) is 1. The Balaban J connectivity index is 2.40. The maximum atomic E-state index is 14.0. The molecule has 0 bridgehead atoms. The van der Waals surface area contributed by atoms with Gasteiger partial charge in [-0.05, 0) is 30.3 Å². The molecule has 2 rings (SSSR count). The molecule has 8 heteroatoms. The summed E-state index contributed by atoms with van der Waals surface area (Å²) in [6.07, 6.45) is 0. The molecule has 0 aromatic heterocycles. The van der Waals surface area contributed by atoms with Crippen molar-refractivity contribution < 1.29 is 22.3 Å². The first-order valence-electron chi connectivity index (χ1n) is 7.00. The third kappa shape index (κ3) is 3.70. The third-order valence-corrected chi connectivity index (χ3v) is 4.74. The Morgan fingerprint density at radius 2 is 1.67 bits per heavy atom. The lowest BCUT2D eigenvalue weighted by Gasteiger charge is -2.16. The van der Waals surface area contributed by atoms with Crippen molar-refractivity contribution in [3.63, 3.8) is 0 Å². The lowest BCUT2D eigenvalue weighted by molar-refractivity contribution is 0.354. The van der Waals surface area contributed by atoms with Gasteiger partial charge in [0.25, 0.3) is 10.0 Å². The predicted octanol–water partition coefficient (Wildman–Crippen LogP) is 2.71. The molecule has 0 spiro atoms. The molecule has 6 nitrogen and oxygen atoms in total. The van der Waals surface area contributed by atoms with E-state index in [1.165, 1.54) is 44.6 Å². The molecule has 0 saturated heterocycles. The number of methoxy groups -OCH3 is 2. The maximum Gasteiger partial charge on any atom is 0.262 e. The van der Waals surface area contributed by atoms with Crippen molar-refractivity contribution in [3.05, 3.63) is 42.2 Å². The molecule has 130 valence electrons. The van der Waals surface area contributed by atoms with E-state index in [1.807, 2.05) is 0 Å². The van der Waals surface area contributed by atoms with Crippen LogP contribution >= 0.6 is 0 Å². The van der Waals surface area contributed by atoms with E-state index in [1.54, 1.807) is 25.1 Å². The fourth-order valence-corrected chi connectivity index (χ4v) is 3.13. The summed E-state index contributed by atoms with van der Waals surface area (Å²) in [5.74, 6) is 0.00442.